The second kappa shape index (κ2) is 4.96. The highest BCUT2D eigenvalue weighted by atomic mass is 32.2. The molecule has 2 aliphatic heterocycles. The molecule has 2 rings (SSSR count). The fourth-order valence-corrected chi connectivity index (χ4v) is 4.17. The van der Waals surface area contributed by atoms with E-state index in [0.717, 1.165) is 13.1 Å². The summed E-state index contributed by atoms with van der Waals surface area (Å²) in [4.78, 5) is 13.8. The van der Waals surface area contributed by atoms with Gasteiger partial charge in [-0.1, -0.05) is 26.2 Å². The van der Waals surface area contributed by atoms with Gasteiger partial charge in [-0.25, -0.2) is 0 Å². The van der Waals surface area contributed by atoms with Gasteiger partial charge in [-0.05, 0) is 13.3 Å². The molecule has 0 aliphatic carbocycles. The summed E-state index contributed by atoms with van der Waals surface area (Å²) in [5.41, 5.74) is 0.129. The first-order chi connectivity index (χ1) is 7.67. The first-order valence-corrected chi connectivity index (χ1v) is 7.38. The molecule has 92 valence electrons. The fraction of sp³-hybridized carbons (Fsp3) is 0.917. The van der Waals surface area contributed by atoms with Gasteiger partial charge in [0.05, 0.1) is 11.1 Å². The van der Waals surface area contributed by atoms with Crippen LogP contribution in [0.2, 0.25) is 0 Å². The second-order valence-electron chi connectivity index (χ2n) is 5.05. The van der Waals surface area contributed by atoms with Gasteiger partial charge in [0.15, 0.2) is 0 Å². The highest BCUT2D eigenvalue weighted by molar-refractivity contribution is 8.01. The van der Waals surface area contributed by atoms with Crippen molar-refractivity contribution >= 4 is 17.7 Å². The van der Waals surface area contributed by atoms with Crippen molar-refractivity contribution < 1.29 is 4.79 Å². The molecule has 0 aromatic rings. The van der Waals surface area contributed by atoms with Crippen LogP contribution in [0, 0.1) is 0 Å². The average Bonchev–Trinajstić information content (AvgIpc) is 2.63. The molecule has 0 bridgehead atoms. The second-order valence-corrected chi connectivity index (χ2v) is 6.12. The summed E-state index contributed by atoms with van der Waals surface area (Å²) >= 11 is 1.81. The molecule has 3 nitrogen and oxygen atoms in total. The first-order valence-electron chi connectivity index (χ1n) is 6.33. The Balaban J connectivity index is 1.99. The van der Waals surface area contributed by atoms with Crippen LogP contribution in [-0.2, 0) is 4.79 Å². The van der Waals surface area contributed by atoms with Crippen LogP contribution < -0.4 is 5.32 Å². The van der Waals surface area contributed by atoms with Crippen molar-refractivity contribution in [3.05, 3.63) is 0 Å². The Morgan fingerprint density at radius 1 is 1.56 bits per heavy atom. The van der Waals surface area contributed by atoms with Gasteiger partial charge in [0.25, 0.3) is 0 Å². The topological polar surface area (TPSA) is 32.3 Å². The lowest BCUT2D eigenvalue weighted by Crippen LogP contribution is -2.63. The van der Waals surface area contributed by atoms with E-state index in [2.05, 4.69) is 24.1 Å². The van der Waals surface area contributed by atoms with Gasteiger partial charge < -0.3 is 10.2 Å². The molecule has 2 aliphatic rings. The number of rotatable bonds is 4. The Labute approximate surface area is 102 Å². The zero-order valence-electron chi connectivity index (χ0n) is 10.3. The van der Waals surface area contributed by atoms with Gasteiger partial charge >= 0.3 is 0 Å². The van der Waals surface area contributed by atoms with E-state index in [1.807, 2.05) is 11.8 Å². The van der Waals surface area contributed by atoms with Gasteiger partial charge in [0.2, 0.25) is 5.91 Å². The predicted molar refractivity (Wildman–Crippen MR) is 68.5 cm³/mol. The van der Waals surface area contributed by atoms with E-state index in [1.165, 1.54) is 25.7 Å². The molecule has 0 aromatic heterocycles. The summed E-state index contributed by atoms with van der Waals surface area (Å²) in [6, 6.07) is 0. The molecule has 1 N–H and O–H groups in total. The van der Waals surface area contributed by atoms with Crippen LogP contribution >= 0.6 is 11.8 Å². The third-order valence-corrected chi connectivity index (χ3v) is 5.20. The SMILES string of the molecule is CCCCC[C@]1(C)NCCN2C(=O)CS[C@H]21. The zero-order chi connectivity index (χ0) is 11.6. The summed E-state index contributed by atoms with van der Waals surface area (Å²) in [6.45, 7) is 6.35. The molecular formula is C12H22N2OS. The van der Waals surface area contributed by atoms with Crippen LogP contribution in [0.3, 0.4) is 0 Å². The van der Waals surface area contributed by atoms with Crippen molar-refractivity contribution in [3.8, 4) is 0 Å². The number of nitrogens with one attached hydrogen (secondary N) is 1. The lowest BCUT2D eigenvalue weighted by atomic mass is 9.91. The molecule has 0 unspecified atom stereocenters. The van der Waals surface area contributed by atoms with Crippen molar-refractivity contribution in [3.63, 3.8) is 0 Å². The van der Waals surface area contributed by atoms with E-state index in [0.29, 0.717) is 17.0 Å². The Morgan fingerprint density at radius 2 is 2.38 bits per heavy atom. The molecule has 2 saturated heterocycles. The molecule has 1 amide bonds. The average molecular weight is 242 g/mol. The number of amides is 1. The van der Waals surface area contributed by atoms with E-state index >= 15 is 0 Å². The molecule has 0 spiro atoms. The van der Waals surface area contributed by atoms with Crippen LogP contribution in [0.5, 0.6) is 0 Å². The van der Waals surface area contributed by atoms with E-state index < -0.39 is 0 Å². The third-order valence-electron chi connectivity index (χ3n) is 3.69. The number of piperazine rings is 1. The highest BCUT2D eigenvalue weighted by Gasteiger charge is 2.46. The van der Waals surface area contributed by atoms with Gasteiger partial charge in [0.1, 0.15) is 0 Å². The minimum Gasteiger partial charge on any atom is -0.327 e. The normalized spacial score (nSPS) is 34.2. The number of carbonyl (C=O) groups is 1. The molecule has 0 saturated carbocycles. The lowest BCUT2D eigenvalue weighted by Gasteiger charge is -2.45. The van der Waals surface area contributed by atoms with E-state index in [4.69, 9.17) is 0 Å². The number of hydrogen-bond donors (Lipinski definition) is 1. The largest absolute Gasteiger partial charge is 0.327 e. The minimum atomic E-state index is 0.129. The van der Waals surface area contributed by atoms with Gasteiger partial charge in [0, 0.05) is 18.6 Å². The van der Waals surface area contributed by atoms with E-state index in [9.17, 15) is 4.79 Å². The number of carbonyl (C=O) groups excluding carboxylic acids is 1. The lowest BCUT2D eigenvalue weighted by molar-refractivity contribution is -0.130. The summed E-state index contributed by atoms with van der Waals surface area (Å²) in [7, 11) is 0. The molecule has 16 heavy (non-hydrogen) atoms. The van der Waals surface area contributed by atoms with E-state index in [-0.39, 0.29) is 5.54 Å². The molecule has 0 aromatic carbocycles. The Bertz CT molecular complexity index is 272. The monoisotopic (exact) mass is 242 g/mol. The van der Waals surface area contributed by atoms with Gasteiger partial charge in [-0.3, -0.25) is 4.79 Å². The van der Waals surface area contributed by atoms with Crippen LogP contribution in [0.4, 0.5) is 0 Å². The number of hydrogen-bond acceptors (Lipinski definition) is 3. The Morgan fingerprint density at radius 3 is 3.12 bits per heavy atom. The van der Waals surface area contributed by atoms with E-state index in [1.54, 1.807) is 0 Å². The molecule has 4 heteroatoms. The fourth-order valence-electron chi connectivity index (χ4n) is 2.73. The maximum absolute atomic E-state index is 11.7. The standard InChI is InChI=1S/C12H22N2OS/c1-3-4-5-6-12(2)11-14(8-7-13-12)10(15)9-16-11/h11,13H,3-9H2,1-2H3/t11-,12-/m0/s1. The molecule has 0 radical (unpaired) electrons. The number of unbranched alkanes of at least 4 members (excludes halogenated alkanes) is 2. The Hall–Kier alpha value is -0.220. The quantitative estimate of drug-likeness (QED) is 0.763. The summed E-state index contributed by atoms with van der Waals surface area (Å²) < 4.78 is 0. The van der Waals surface area contributed by atoms with Crippen molar-refractivity contribution in [2.24, 2.45) is 0 Å². The van der Waals surface area contributed by atoms with Crippen LogP contribution in [0.15, 0.2) is 0 Å². The molecular weight excluding hydrogens is 220 g/mol. The third kappa shape index (κ3) is 2.23. The number of thioether (sulfide) groups is 1. The maximum Gasteiger partial charge on any atom is 0.233 e. The van der Waals surface area contributed by atoms with Crippen molar-refractivity contribution in [1.82, 2.24) is 10.2 Å². The number of fused-ring (bicyclic) bond motifs is 1. The molecule has 2 fully saturated rings. The maximum atomic E-state index is 11.7. The van der Waals surface area contributed by atoms with Crippen LogP contribution in [-0.4, -0.2) is 40.6 Å². The highest BCUT2D eigenvalue weighted by Crippen LogP contribution is 2.37. The van der Waals surface area contributed by atoms with Crippen LogP contribution in [0.25, 0.3) is 0 Å². The summed E-state index contributed by atoms with van der Waals surface area (Å²) in [5, 5.41) is 4.00. The smallest absolute Gasteiger partial charge is 0.233 e. The van der Waals surface area contributed by atoms with Crippen molar-refractivity contribution in [2.75, 3.05) is 18.8 Å². The molecule has 2 atom stereocenters. The van der Waals surface area contributed by atoms with Gasteiger partial charge in [-0.2, -0.15) is 0 Å². The number of nitrogens with zero attached hydrogens (tertiary/aromatic N) is 1. The summed E-state index contributed by atoms with van der Waals surface area (Å²) in [5.74, 6) is 1.01. The summed E-state index contributed by atoms with van der Waals surface area (Å²) in [6.07, 6.45) is 5.00. The predicted octanol–water partition coefficient (Wildman–Crippen LogP) is 1.83. The Kier molecular flexibility index (Phi) is 3.80. The van der Waals surface area contributed by atoms with Crippen LogP contribution in [0.1, 0.15) is 39.5 Å². The van der Waals surface area contributed by atoms with Gasteiger partial charge in [-0.15, -0.1) is 11.8 Å². The zero-order valence-corrected chi connectivity index (χ0v) is 11.1. The minimum absolute atomic E-state index is 0.129. The molecule has 2 heterocycles. The van der Waals surface area contributed by atoms with Crippen molar-refractivity contribution in [2.45, 2.75) is 50.4 Å². The first kappa shape index (κ1) is 12.2. The van der Waals surface area contributed by atoms with Crippen molar-refractivity contribution in [1.29, 1.82) is 0 Å².